The first kappa shape index (κ1) is 21.9. The van der Waals surface area contributed by atoms with Crippen molar-refractivity contribution in [1.82, 2.24) is 15.0 Å². The third kappa shape index (κ3) is 5.29. The molecule has 0 bridgehead atoms. The third-order valence-corrected chi connectivity index (χ3v) is 6.66. The maximum atomic E-state index is 13.1. The zero-order valence-corrected chi connectivity index (χ0v) is 19.2. The number of benzene rings is 1. The largest absolute Gasteiger partial charge is 0.340 e. The molecule has 6 heteroatoms. The van der Waals surface area contributed by atoms with Crippen LogP contribution in [0.5, 0.6) is 0 Å². The lowest BCUT2D eigenvalue weighted by atomic mass is 9.94. The average molecular weight is 425 g/mol. The van der Waals surface area contributed by atoms with Crippen LogP contribution in [-0.2, 0) is 11.3 Å². The van der Waals surface area contributed by atoms with Gasteiger partial charge in [0.2, 0.25) is 11.8 Å². The highest BCUT2D eigenvalue weighted by atomic mass is 16.5. The summed E-state index contributed by atoms with van der Waals surface area (Å²) >= 11 is 0. The van der Waals surface area contributed by atoms with Gasteiger partial charge < -0.3 is 19.2 Å². The Morgan fingerprint density at radius 3 is 2.35 bits per heavy atom. The molecule has 4 rings (SSSR count). The van der Waals surface area contributed by atoms with Crippen LogP contribution in [0.3, 0.4) is 0 Å². The van der Waals surface area contributed by atoms with Gasteiger partial charge in [0.25, 0.3) is 0 Å². The van der Waals surface area contributed by atoms with Gasteiger partial charge in [0.15, 0.2) is 0 Å². The number of aromatic nitrogens is 1. The number of likely N-dealkylation sites (N-methyl/N-ethyl adjacent to an activating group) is 1. The molecule has 2 aromatic rings. The van der Waals surface area contributed by atoms with Gasteiger partial charge in [-0.2, -0.15) is 0 Å². The third-order valence-electron chi connectivity index (χ3n) is 6.66. The Bertz CT molecular complexity index is 854. The van der Waals surface area contributed by atoms with Gasteiger partial charge in [0.1, 0.15) is 5.69 Å². The summed E-state index contributed by atoms with van der Waals surface area (Å²) in [6.07, 6.45) is 8.24. The molecule has 0 radical (unpaired) electrons. The Labute approximate surface area is 186 Å². The first-order valence-corrected chi connectivity index (χ1v) is 11.7. The summed E-state index contributed by atoms with van der Waals surface area (Å²) in [6.45, 7) is 2.11. The first-order chi connectivity index (χ1) is 15.0. The van der Waals surface area contributed by atoms with Gasteiger partial charge in [-0.3, -0.25) is 4.79 Å². The SMILES string of the molecule is CN(C)CCN(Cc1c(-c2ccccc2)noc1N(C)C1CCCCC1)C(=O)C1CC1. The van der Waals surface area contributed by atoms with Gasteiger partial charge in [0.05, 0.1) is 12.1 Å². The second-order valence-corrected chi connectivity index (χ2v) is 9.42. The standard InChI is InChI=1S/C25H36N4O2/c1-27(2)16-17-29(24(30)20-14-15-20)18-22-23(19-10-6-4-7-11-19)26-31-25(22)28(3)21-12-8-5-9-13-21/h4,6-7,10-11,20-21H,5,8-9,12-18H2,1-3H3. The van der Waals surface area contributed by atoms with Gasteiger partial charge in [-0.15, -0.1) is 0 Å². The van der Waals surface area contributed by atoms with E-state index in [2.05, 4.69) is 48.2 Å². The van der Waals surface area contributed by atoms with Crippen molar-refractivity contribution in [3.8, 4) is 11.3 Å². The summed E-state index contributed by atoms with van der Waals surface area (Å²) in [5.74, 6) is 1.29. The monoisotopic (exact) mass is 424 g/mol. The highest BCUT2D eigenvalue weighted by molar-refractivity contribution is 5.81. The van der Waals surface area contributed by atoms with Crippen molar-refractivity contribution < 1.29 is 9.32 Å². The second kappa shape index (κ2) is 9.86. The fraction of sp³-hybridized carbons (Fsp3) is 0.600. The van der Waals surface area contributed by atoms with Crippen molar-refractivity contribution >= 4 is 11.8 Å². The molecule has 0 unspecified atom stereocenters. The molecule has 2 aliphatic carbocycles. The second-order valence-electron chi connectivity index (χ2n) is 9.42. The molecule has 2 saturated carbocycles. The number of carbonyl (C=O) groups excluding carboxylic acids is 1. The molecule has 168 valence electrons. The van der Waals surface area contributed by atoms with E-state index in [9.17, 15) is 4.79 Å². The Morgan fingerprint density at radius 2 is 1.71 bits per heavy atom. The molecule has 1 aromatic heterocycles. The number of carbonyl (C=O) groups is 1. The lowest BCUT2D eigenvalue weighted by Gasteiger charge is -2.32. The Morgan fingerprint density at radius 1 is 1.00 bits per heavy atom. The Hall–Kier alpha value is -2.34. The predicted molar refractivity (Wildman–Crippen MR) is 124 cm³/mol. The Kier molecular flexibility index (Phi) is 6.96. The number of hydrogen-bond donors (Lipinski definition) is 0. The highest BCUT2D eigenvalue weighted by Crippen LogP contribution is 2.37. The van der Waals surface area contributed by atoms with E-state index in [1.165, 1.54) is 32.1 Å². The fourth-order valence-electron chi connectivity index (χ4n) is 4.54. The topological polar surface area (TPSA) is 52.8 Å². The van der Waals surface area contributed by atoms with E-state index in [0.29, 0.717) is 19.1 Å². The minimum Gasteiger partial charge on any atom is -0.340 e. The van der Waals surface area contributed by atoms with Crippen molar-refractivity contribution in [2.24, 2.45) is 5.92 Å². The molecule has 0 N–H and O–H groups in total. The molecule has 0 atom stereocenters. The smallest absolute Gasteiger partial charge is 0.232 e. The quantitative estimate of drug-likeness (QED) is 0.597. The number of nitrogens with zero attached hydrogens (tertiary/aromatic N) is 4. The molecule has 1 aromatic carbocycles. The molecule has 1 amide bonds. The first-order valence-electron chi connectivity index (χ1n) is 11.7. The molecule has 6 nitrogen and oxygen atoms in total. The summed E-state index contributed by atoms with van der Waals surface area (Å²) in [7, 11) is 6.23. The van der Waals surface area contributed by atoms with Crippen molar-refractivity contribution in [3.63, 3.8) is 0 Å². The number of rotatable bonds is 9. The van der Waals surface area contributed by atoms with Crippen LogP contribution in [-0.4, -0.2) is 61.1 Å². The summed E-state index contributed by atoms with van der Waals surface area (Å²) in [5, 5.41) is 4.51. The zero-order chi connectivity index (χ0) is 21.8. The molecular formula is C25H36N4O2. The summed E-state index contributed by atoms with van der Waals surface area (Å²) in [5.41, 5.74) is 2.93. The molecule has 2 aliphatic rings. The summed E-state index contributed by atoms with van der Waals surface area (Å²) < 4.78 is 5.98. The number of hydrogen-bond acceptors (Lipinski definition) is 5. The van der Waals surface area contributed by atoms with Crippen molar-refractivity contribution in [3.05, 3.63) is 35.9 Å². The van der Waals surface area contributed by atoms with E-state index in [1.54, 1.807) is 0 Å². The van der Waals surface area contributed by atoms with E-state index in [0.717, 1.165) is 42.1 Å². The molecule has 2 fully saturated rings. The number of amides is 1. The van der Waals surface area contributed by atoms with Gasteiger partial charge in [-0.1, -0.05) is 54.8 Å². The highest BCUT2D eigenvalue weighted by Gasteiger charge is 2.35. The molecular weight excluding hydrogens is 388 g/mol. The minimum absolute atomic E-state index is 0.196. The van der Waals surface area contributed by atoms with Crippen LogP contribution in [0.15, 0.2) is 34.9 Å². The number of anilines is 1. The van der Waals surface area contributed by atoms with E-state index >= 15 is 0 Å². The molecule has 1 heterocycles. The van der Waals surface area contributed by atoms with E-state index < -0.39 is 0 Å². The molecule has 0 spiro atoms. The van der Waals surface area contributed by atoms with Crippen LogP contribution in [0.1, 0.15) is 50.5 Å². The van der Waals surface area contributed by atoms with Crippen LogP contribution in [0.4, 0.5) is 5.88 Å². The van der Waals surface area contributed by atoms with Crippen LogP contribution in [0.25, 0.3) is 11.3 Å². The van der Waals surface area contributed by atoms with Crippen LogP contribution < -0.4 is 4.90 Å². The van der Waals surface area contributed by atoms with Crippen molar-refractivity contribution in [2.45, 2.75) is 57.5 Å². The van der Waals surface area contributed by atoms with E-state index in [-0.39, 0.29) is 11.8 Å². The maximum Gasteiger partial charge on any atom is 0.232 e. The average Bonchev–Trinajstić information content (AvgIpc) is 3.56. The van der Waals surface area contributed by atoms with E-state index in [1.807, 2.05) is 23.1 Å². The Balaban J connectivity index is 1.66. The van der Waals surface area contributed by atoms with Crippen molar-refractivity contribution in [1.29, 1.82) is 0 Å². The maximum absolute atomic E-state index is 13.1. The fourth-order valence-corrected chi connectivity index (χ4v) is 4.54. The normalized spacial score (nSPS) is 17.2. The van der Waals surface area contributed by atoms with Crippen molar-refractivity contribution in [2.75, 3.05) is 39.1 Å². The van der Waals surface area contributed by atoms with Crippen LogP contribution in [0.2, 0.25) is 0 Å². The predicted octanol–water partition coefficient (Wildman–Crippen LogP) is 4.41. The van der Waals surface area contributed by atoms with Gasteiger partial charge in [-0.05, 0) is 39.8 Å². The van der Waals surface area contributed by atoms with Crippen LogP contribution >= 0.6 is 0 Å². The molecule has 0 saturated heterocycles. The van der Waals surface area contributed by atoms with Gasteiger partial charge in [0, 0.05) is 37.7 Å². The molecule has 0 aliphatic heterocycles. The summed E-state index contributed by atoms with van der Waals surface area (Å²) in [4.78, 5) is 19.6. The molecule has 31 heavy (non-hydrogen) atoms. The summed E-state index contributed by atoms with van der Waals surface area (Å²) in [6, 6.07) is 10.7. The zero-order valence-electron chi connectivity index (χ0n) is 19.2. The minimum atomic E-state index is 0.196. The van der Waals surface area contributed by atoms with Gasteiger partial charge in [-0.25, -0.2) is 0 Å². The lowest BCUT2D eigenvalue weighted by molar-refractivity contribution is -0.133. The van der Waals surface area contributed by atoms with Gasteiger partial charge >= 0.3 is 0 Å². The van der Waals surface area contributed by atoms with E-state index in [4.69, 9.17) is 4.52 Å². The van der Waals surface area contributed by atoms with Crippen LogP contribution in [0, 0.1) is 5.92 Å². The lowest BCUT2D eigenvalue weighted by Crippen LogP contribution is -2.38.